The molecule has 0 radical (unpaired) electrons. The molecule has 0 aliphatic carbocycles. The molecule has 0 saturated heterocycles. The Morgan fingerprint density at radius 2 is 2.40 bits per heavy atom. The summed E-state index contributed by atoms with van der Waals surface area (Å²) in [7, 11) is 1.32. The van der Waals surface area contributed by atoms with Crippen LogP contribution in [0.4, 0.5) is 11.5 Å². The molecule has 0 amide bonds. The van der Waals surface area contributed by atoms with Gasteiger partial charge in [-0.25, -0.2) is 9.78 Å². The number of carbonyl (C=O) groups excluding carboxylic acids is 1. The molecule has 0 saturated carbocycles. The van der Waals surface area contributed by atoms with Crippen LogP contribution < -0.4 is 11.1 Å². The number of methoxy groups -OCH3 is 1. The van der Waals surface area contributed by atoms with Gasteiger partial charge >= 0.3 is 5.97 Å². The second kappa shape index (κ2) is 6.50. The fourth-order valence-corrected chi connectivity index (χ4v) is 1.69. The maximum Gasteiger partial charge on any atom is 0.341 e. The van der Waals surface area contributed by atoms with Crippen LogP contribution in [0.5, 0.6) is 0 Å². The van der Waals surface area contributed by atoms with E-state index in [4.69, 9.17) is 10.5 Å². The summed E-state index contributed by atoms with van der Waals surface area (Å²) in [5.74, 6) is -0.00628. The third kappa shape index (κ3) is 3.44. The van der Waals surface area contributed by atoms with Crippen LogP contribution in [0.2, 0.25) is 0 Å². The Hall–Kier alpha value is -2.64. The number of pyridine rings is 1. The Bertz CT molecular complexity index is 569. The topological polar surface area (TPSA) is 108 Å². The molecule has 8 nitrogen and oxygen atoms in total. The summed E-state index contributed by atoms with van der Waals surface area (Å²) < 4.78 is 6.44. The highest BCUT2D eigenvalue weighted by molar-refractivity contribution is 5.95. The van der Waals surface area contributed by atoms with Crippen molar-refractivity contribution in [2.45, 2.75) is 13.0 Å². The Morgan fingerprint density at radius 3 is 3.10 bits per heavy atom. The van der Waals surface area contributed by atoms with Crippen LogP contribution in [-0.2, 0) is 11.3 Å². The molecule has 0 unspecified atom stereocenters. The fraction of sp³-hybridized carbons (Fsp3) is 0.333. The zero-order valence-corrected chi connectivity index (χ0v) is 11.1. The van der Waals surface area contributed by atoms with E-state index in [1.807, 2.05) is 0 Å². The third-order valence-electron chi connectivity index (χ3n) is 2.64. The SMILES string of the molecule is COC(=O)c1cc(N)cnc1NCCCn1ccnn1. The van der Waals surface area contributed by atoms with Crippen LogP contribution in [0.25, 0.3) is 0 Å². The summed E-state index contributed by atoms with van der Waals surface area (Å²) in [4.78, 5) is 15.7. The third-order valence-corrected chi connectivity index (χ3v) is 2.64. The van der Waals surface area contributed by atoms with Crippen LogP contribution >= 0.6 is 0 Å². The van der Waals surface area contributed by atoms with E-state index in [9.17, 15) is 4.79 Å². The molecule has 2 rings (SSSR count). The molecule has 8 heteroatoms. The van der Waals surface area contributed by atoms with E-state index in [1.54, 1.807) is 23.1 Å². The second-order valence-corrected chi connectivity index (χ2v) is 4.10. The van der Waals surface area contributed by atoms with Crippen molar-refractivity contribution < 1.29 is 9.53 Å². The number of carbonyl (C=O) groups is 1. The molecule has 2 aromatic heterocycles. The molecule has 106 valence electrons. The number of nitrogens with zero attached hydrogens (tertiary/aromatic N) is 4. The van der Waals surface area contributed by atoms with Crippen molar-refractivity contribution in [2.24, 2.45) is 0 Å². The molecule has 0 aliphatic heterocycles. The van der Waals surface area contributed by atoms with Crippen molar-refractivity contribution in [2.75, 3.05) is 24.7 Å². The van der Waals surface area contributed by atoms with Crippen LogP contribution in [0.3, 0.4) is 0 Å². The number of ether oxygens (including phenoxy) is 1. The second-order valence-electron chi connectivity index (χ2n) is 4.10. The van der Waals surface area contributed by atoms with Gasteiger partial charge in [0.15, 0.2) is 0 Å². The van der Waals surface area contributed by atoms with Crippen LogP contribution in [0.15, 0.2) is 24.7 Å². The fourth-order valence-electron chi connectivity index (χ4n) is 1.69. The Morgan fingerprint density at radius 1 is 1.55 bits per heavy atom. The number of nitrogen functional groups attached to an aromatic ring is 1. The number of anilines is 2. The number of nitrogens with one attached hydrogen (secondary N) is 1. The minimum absolute atomic E-state index is 0.327. The highest BCUT2D eigenvalue weighted by Crippen LogP contribution is 2.16. The van der Waals surface area contributed by atoms with Crippen molar-refractivity contribution in [3.05, 3.63) is 30.2 Å². The number of nitrogens with two attached hydrogens (primary N) is 1. The van der Waals surface area contributed by atoms with Gasteiger partial charge in [-0.1, -0.05) is 5.21 Å². The van der Waals surface area contributed by atoms with Gasteiger partial charge in [0.1, 0.15) is 11.4 Å². The Kier molecular flexibility index (Phi) is 4.48. The van der Waals surface area contributed by atoms with E-state index < -0.39 is 5.97 Å². The van der Waals surface area contributed by atoms with Gasteiger partial charge in [-0.05, 0) is 12.5 Å². The minimum atomic E-state index is -0.469. The van der Waals surface area contributed by atoms with E-state index in [0.29, 0.717) is 23.6 Å². The van der Waals surface area contributed by atoms with E-state index in [1.165, 1.54) is 13.3 Å². The lowest BCUT2D eigenvalue weighted by molar-refractivity contribution is 0.0601. The average molecular weight is 276 g/mol. The molecule has 0 bridgehead atoms. The van der Waals surface area contributed by atoms with Gasteiger partial charge < -0.3 is 15.8 Å². The van der Waals surface area contributed by atoms with Crippen LogP contribution in [0.1, 0.15) is 16.8 Å². The van der Waals surface area contributed by atoms with Gasteiger partial charge in [0.2, 0.25) is 0 Å². The first-order valence-corrected chi connectivity index (χ1v) is 6.12. The molecule has 0 fully saturated rings. The van der Waals surface area contributed by atoms with Crippen LogP contribution in [0, 0.1) is 0 Å². The highest BCUT2D eigenvalue weighted by atomic mass is 16.5. The molecule has 0 atom stereocenters. The molecular weight excluding hydrogens is 260 g/mol. The van der Waals surface area contributed by atoms with Gasteiger partial charge in [0.25, 0.3) is 0 Å². The lowest BCUT2D eigenvalue weighted by Gasteiger charge is -2.10. The first-order valence-electron chi connectivity index (χ1n) is 6.12. The molecule has 0 aliphatic rings. The number of rotatable bonds is 6. The van der Waals surface area contributed by atoms with Crippen molar-refractivity contribution in [3.8, 4) is 0 Å². The van der Waals surface area contributed by atoms with Gasteiger partial charge in [-0.15, -0.1) is 5.10 Å². The number of aromatic nitrogens is 4. The van der Waals surface area contributed by atoms with Gasteiger partial charge in [0.05, 0.1) is 25.2 Å². The number of esters is 1. The van der Waals surface area contributed by atoms with E-state index in [2.05, 4.69) is 20.6 Å². The molecule has 2 heterocycles. The maximum atomic E-state index is 11.6. The molecule has 20 heavy (non-hydrogen) atoms. The normalized spacial score (nSPS) is 10.2. The standard InChI is InChI=1S/C12H16N6O2/c1-20-12(19)10-7-9(13)8-15-11(10)14-3-2-5-18-6-4-16-17-18/h4,6-8H,2-3,5,13H2,1H3,(H,14,15). The summed E-state index contributed by atoms with van der Waals surface area (Å²) in [6.07, 6.45) is 5.73. The lowest BCUT2D eigenvalue weighted by Crippen LogP contribution is -2.13. The van der Waals surface area contributed by atoms with Crippen molar-refractivity contribution in [1.29, 1.82) is 0 Å². The maximum absolute atomic E-state index is 11.6. The number of hydrogen-bond acceptors (Lipinski definition) is 7. The predicted octanol–water partition coefficient (Wildman–Crippen LogP) is 0.544. The predicted molar refractivity (Wildman–Crippen MR) is 73.1 cm³/mol. The summed E-state index contributed by atoms with van der Waals surface area (Å²) in [5, 5.41) is 10.7. The smallest absolute Gasteiger partial charge is 0.341 e. The van der Waals surface area contributed by atoms with Gasteiger partial charge in [-0.3, -0.25) is 4.68 Å². The van der Waals surface area contributed by atoms with Gasteiger partial charge in [-0.2, -0.15) is 0 Å². The van der Waals surface area contributed by atoms with E-state index >= 15 is 0 Å². The monoisotopic (exact) mass is 276 g/mol. The largest absolute Gasteiger partial charge is 0.465 e. The zero-order valence-electron chi connectivity index (χ0n) is 11.1. The highest BCUT2D eigenvalue weighted by Gasteiger charge is 2.13. The molecule has 3 N–H and O–H groups in total. The summed E-state index contributed by atoms with van der Waals surface area (Å²) in [6.45, 7) is 1.37. The first kappa shape index (κ1) is 13.8. The summed E-state index contributed by atoms with van der Waals surface area (Å²) >= 11 is 0. The van der Waals surface area contributed by atoms with Crippen molar-refractivity contribution in [1.82, 2.24) is 20.0 Å². The number of aryl methyl sites for hydroxylation is 1. The van der Waals surface area contributed by atoms with Gasteiger partial charge in [0, 0.05) is 19.3 Å². The number of hydrogen-bond donors (Lipinski definition) is 2. The minimum Gasteiger partial charge on any atom is -0.465 e. The molecular formula is C12H16N6O2. The summed E-state index contributed by atoms with van der Waals surface area (Å²) in [5.41, 5.74) is 6.36. The van der Waals surface area contributed by atoms with Crippen molar-refractivity contribution >= 4 is 17.5 Å². The molecule has 0 spiro atoms. The quantitative estimate of drug-likeness (QED) is 0.585. The Balaban J connectivity index is 1.93. The Labute approximate surface area is 115 Å². The lowest BCUT2D eigenvalue weighted by atomic mass is 10.2. The first-order chi connectivity index (χ1) is 9.70. The van der Waals surface area contributed by atoms with E-state index in [-0.39, 0.29) is 0 Å². The van der Waals surface area contributed by atoms with Crippen LogP contribution in [-0.4, -0.2) is 39.6 Å². The summed E-state index contributed by atoms with van der Waals surface area (Å²) in [6, 6.07) is 1.54. The molecule has 2 aromatic rings. The zero-order chi connectivity index (χ0) is 14.4. The molecule has 0 aromatic carbocycles. The average Bonchev–Trinajstić information content (AvgIpc) is 2.97. The van der Waals surface area contributed by atoms with E-state index in [0.717, 1.165) is 13.0 Å². The van der Waals surface area contributed by atoms with Crippen molar-refractivity contribution in [3.63, 3.8) is 0 Å².